The van der Waals surface area contributed by atoms with Crippen LogP contribution in [-0.2, 0) is 14.9 Å². The minimum absolute atomic E-state index is 0.0605. The molecule has 40 heavy (non-hydrogen) atoms. The number of hydrogen-bond donors (Lipinski definition) is 2. The van der Waals surface area contributed by atoms with Crippen molar-refractivity contribution >= 4 is 16.0 Å². The van der Waals surface area contributed by atoms with Gasteiger partial charge in [0.2, 0.25) is 5.91 Å². The Morgan fingerprint density at radius 2 is 1.73 bits per heavy atom. The van der Waals surface area contributed by atoms with Crippen molar-refractivity contribution < 1.29 is 28.0 Å². The summed E-state index contributed by atoms with van der Waals surface area (Å²) in [5.41, 5.74) is -0.00464. The zero-order valence-electron chi connectivity index (χ0n) is 26.0. The Morgan fingerprint density at radius 3 is 2.33 bits per heavy atom. The summed E-state index contributed by atoms with van der Waals surface area (Å²) < 4.78 is 33.5. The van der Waals surface area contributed by atoms with E-state index in [9.17, 15) is 28.0 Å². The third kappa shape index (κ3) is 5.65. The van der Waals surface area contributed by atoms with Gasteiger partial charge in [-0.05, 0) is 117 Å². The average Bonchev–Trinajstić information content (AvgIpc) is 3.22. The van der Waals surface area contributed by atoms with Gasteiger partial charge in [0.25, 0.3) is 0 Å². The van der Waals surface area contributed by atoms with E-state index in [0.717, 1.165) is 44.9 Å². The van der Waals surface area contributed by atoms with Crippen LogP contribution in [0.5, 0.6) is 0 Å². The molecular weight excluding hydrogens is 526 g/mol. The quantitative estimate of drug-likeness (QED) is 0.367. The highest BCUT2D eigenvalue weighted by Crippen LogP contribution is 2.70. The molecule has 4 aliphatic rings. The van der Waals surface area contributed by atoms with Gasteiger partial charge in [-0.15, -0.1) is 0 Å². The maximum Gasteiger partial charge on any atom is 0.222 e. The fraction of sp³-hybridized carbons (Fsp3) is 0.969. The van der Waals surface area contributed by atoms with Crippen LogP contribution in [0.4, 0.5) is 0 Å². The van der Waals surface area contributed by atoms with Gasteiger partial charge in [0, 0.05) is 19.0 Å². The first-order valence-corrected chi connectivity index (χ1v) is 17.7. The molecule has 0 spiro atoms. The van der Waals surface area contributed by atoms with Crippen molar-refractivity contribution in [2.24, 2.45) is 58.2 Å². The number of aliphatic hydroxyl groups is 2. The summed E-state index contributed by atoms with van der Waals surface area (Å²) in [7, 11) is -4.38. The van der Waals surface area contributed by atoms with Gasteiger partial charge < -0.3 is 19.7 Å². The van der Waals surface area contributed by atoms with Crippen molar-refractivity contribution in [3.63, 3.8) is 0 Å². The van der Waals surface area contributed by atoms with E-state index in [2.05, 4.69) is 34.6 Å². The number of amides is 1. The van der Waals surface area contributed by atoms with Crippen LogP contribution in [0.2, 0.25) is 0 Å². The van der Waals surface area contributed by atoms with E-state index in [-0.39, 0.29) is 47.4 Å². The number of fused-ring (bicyclic) bond motifs is 5. The number of hydrogen-bond acceptors (Lipinski definition) is 6. The largest absolute Gasteiger partial charge is 0.748 e. The second kappa shape index (κ2) is 11.8. The maximum absolute atomic E-state index is 13.1. The number of rotatable bonds is 9. The predicted molar refractivity (Wildman–Crippen MR) is 156 cm³/mol. The Bertz CT molecular complexity index is 1020. The van der Waals surface area contributed by atoms with Gasteiger partial charge in [0.15, 0.2) is 0 Å². The Balaban J connectivity index is 1.51. The topological polar surface area (TPSA) is 118 Å². The summed E-state index contributed by atoms with van der Waals surface area (Å²) in [4.78, 5) is 14.6. The summed E-state index contributed by atoms with van der Waals surface area (Å²) in [5, 5.41) is 22.5. The molecule has 0 bridgehead atoms. The number of aliphatic hydroxyl groups excluding tert-OH is 2. The number of carbonyl (C=O) groups is 1. The molecule has 0 aromatic rings. The Hall–Kier alpha value is -0.700. The molecule has 8 heteroatoms. The maximum atomic E-state index is 13.1. The van der Waals surface area contributed by atoms with Crippen molar-refractivity contribution in [1.29, 1.82) is 0 Å². The molecule has 232 valence electrons. The molecule has 1 amide bonds. The van der Waals surface area contributed by atoms with Crippen LogP contribution in [-0.4, -0.2) is 64.5 Å². The fourth-order valence-electron chi connectivity index (χ4n) is 11.0. The van der Waals surface area contributed by atoms with Crippen LogP contribution in [0.25, 0.3) is 0 Å². The van der Waals surface area contributed by atoms with Crippen LogP contribution >= 0.6 is 0 Å². The first-order valence-electron chi connectivity index (χ1n) is 16.1. The molecule has 0 saturated heterocycles. The molecular formula is C32H56NO6S-. The van der Waals surface area contributed by atoms with Gasteiger partial charge in [0.1, 0.15) is 0 Å². The van der Waals surface area contributed by atoms with Gasteiger partial charge in [-0.2, -0.15) is 0 Å². The molecule has 0 aromatic carbocycles. The molecule has 4 rings (SSSR count). The first kappa shape index (κ1) is 32.2. The van der Waals surface area contributed by atoms with Gasteiger partial charge in [0.05, 0.1) is 28.1 Å². The SMILES string of the molecule is CC[C@H]1[C@@H](C)[C@@H]2[C@H](C[C@H](O)[C@]3(C)[C@@H]([C@H](C)CCC(=O)N(CCS(=O)(=O)[O-])C(C)C)CC[C@@H]23)[C@@]2(C)CC[C@@H](O)C[C@@H]12. The summed E-state index contributed by atoms with van der Waals surface area (Å²) in [6, 6.07) is -0.166. The van der Waals surface area contributed by atoms with E-state index in [1.165, 1.54) is 4.90 Å². The van der Waals surface area contributed by atoms with Crippen LogP contribution < -0.4 is 0 Å². The molecule has 0 heterocycles. The Labute approximate surface area is 243 Å². The lowest BCUT2D eigenvalue weighted by atomic mass is 9.39. The highest BCUT2D eigenvalue weighted by atomic mass is 32.2. The summed E-state index contributed by atoms with van der Waals surface area (Å²) in [5.74, 6) is 3.18. The smallest absolute Gasteiger partial charge is 0.222 e. The summed E-state index contributed by atoms with van der Waals surface area (Å²) in [6.45, 7) is 15.5. The molecule has 4 aliphatic carbocycles. The molecule has 0 radical (unpaired) electrons. The zero-order valence-corrected chi connectivity index (χ0v) is 26.8. The standard InChI is InChI=1S/C32H57NO6S/c1-8-23-21(5)30-25-11-10-24(20(4)9-12-29(36)33(19(2)3)15-16-40(37,38)39)32(25,7)28(35)18-27(30)31(6)14-13-22(34)17-26(23)31/h19-28,30,34-35H,8-18H2,1-7H3,(H,37,38,39)/p-1/t20-,21-,22-,23+,24-,25+,26+,27+,28+,30+,31+,32-/m1/s1. The lowest BCUT2D eigenvalue weighted by Crippen LogP contribution is -2.63. The van der Waals surface area contributed by atoms with Crippen LogP contribution in [0.3, 0.4) is 0 Å². The van der Waals surface area contributed by atoms with Crippen molar-refractivity contribution in [2.45, 2.75) is 125 Å². The van der Waals surface area contributed by atoms with E-state index in [1.54, 1.807) is 0 Å². The predicted octanol–water partition coefficient (Wildman–Crippen LogP) is 5.06. The third-order valence-corrected chi connectivity index (χ3v) is 13.7. The molecule has 2 N–H and O–H groups in total. The van der Waals surface area contributed by atoms with Crippen molar-refractivity contribution in [3.8, 4) is 0 Å². The van der Waals surface area contributed by atoms with Crippen LogP contribution in [0.15, 0.2) is 0 Å². The Morgan fingerprint density at radius 1 is 1.05 bits per heavy atom. The highest BCUT2D eigenvalue weighted by Gasteiger charge is 2.66. The monoisotopic (exact) mass is 582 g/mol. The Kier molecular flexibility index (Phi) is 9.48. The van der Waals surface area contributed by atoms with Gasteiger partial charge in [-0.1, -0.05) is 41.0 Å². The van der Waals surface area contributed by atoms with E-state index < -0.39 is 15.9 Å². The second-order valence-electron chi connectivity index (χ2n) is 15.0. The molecule has 7 nitrogen and oxygen atoms in total. The molecule has 0 aliphatic heterocycles. The van der Waals surface area contributed by atoms with E-state index in [0.29, 0.717) is 54.3 Å². The van der Waals surface area contributed by atoms with Gasteiger partial charge >= 0.3 is 0 Å². The lowest BCUT2D eigenvalue weighted by molar-refractivity contribution is -0.209. The fourth-order valence-corrected chi connectivity index (χ4v) is 11.4. The van der Waals surface area contributed by atoms with E-state index in [1.807, 2.05) is 13.8 Å². The van der Waals surface area contributed by atoms with Crippen molar-refractivity contribution in [1.82, 2.24) is 4.90 Å². The molecule has 0 aromatic heterocycles. The minimum atomic E-state index is -4.38. The summed E-state index contributed by atoms with van der Waals surface area (Å²) >= 11 is 0. The van der Waals surface area contributed by atoms with Crippen LogP contribution in [0, 0.1) is 58.2 Å². The first-order chi connectivity index (χ1) is 18.6. The highest BCUT2D eigenvalue weighted by molar-refractivity contribution is 7.85. The molecule has 12 atom stereocenters. The van der Waals surface area contributed by atoms with Gasteiger partial charge in [-0.3, -0.25) is 4.79 Å². The molecule has 4 saturated carbocycles. The van der Waals surface area contributed by atoms with Crippen molar-refractivity contribution in [3.05, 3.63) is 0 Å². The minimum Gasteiger partial charge on any atom is -0.748 e. The van der Waals surface area contributed by atoms with Crippen molar-refractivity contribution in [2.75, 3.05) is 12.3 Å². The average molecular weight is 583 g/mol. The lowest BCUT2D eigenvalue weighted by Gasteiger charge is -2.66. The third-order valence-electron chi connectivity index (χ3n) is 13.0. The van der Waals surface area contributed by atoms with Gasteiger partial charge in [-0.25, -0.2) is 8.42 Å². The second-order valence-corrected chi connectivity index (χ2v) is 16.5. The normalized spacial score (nSPS) is 44.0. The zero-order chi connectivity index (χ0) is 29.8. The number of carbonyl (C=O) groups excluding carboxylic acids is 1. The van der Waals surface area contributed by atoms with E-state index >= 15 is 0 Å². The van der Waals surface area contributed by atoms with Crippen LogP contribution in [0.1, 0.15) is 106 Å². The molecule has 4 fully saturated rings. The summed E-state index contributed by atoms with van der Waals surface area (Å²) in [6.07, 6.45) is 7.49. The van der Waals surface area contributed by atoms with E-state index in [4.69, 9.17) is 0 Å². The number of nitrogens with zero attached hydrogens (tertiary/aromatic N) is 1. The molecule has 0 unspecified atom stereocenters.